The maximum atomic E-state index is 5.87. The zero-order chi connectivity index (χ0) is 11.5. The van der Waals surface area contributed by atoms with E-state index in [1.54, 1.807) is 6.20 Å². The molecular formula is C12H16N4. The lowest BCUT2D eigenvalue weighted by Gasteiger charge is -2.06. The van der Waals surface area contributed by atoms with Crippen LogP contribution >= 0.6 is 0 Å². The summed E-state index contributed by atoms with van der Waals surface area (Å²) in [6.45, 7) is 5.01. The van der Waals surface area contributed by atoms with E-state index in [0.29, 0.717) is 5.82 Å². The van der Waals surface area contributed by atoms with Crippen molar-refractivity contribution in [1.82, 2.24) is 14.8 Å². The van der Waals surface area contributed by atoms with Crippen molar-refractivity contribution in [3.8, 4) is 0 Å². The van der Waals surface area contributed by atoms with Gasteiger partial charge < -0.3 is 5.73 Å². The fourth-order valence-electron chi connectivity index (χ4n) is 1.71. The van der Waals surface area contributed by atoms with Crippen LogP contribution in [0.4, 0.5) is 5.82 Å². The summed E-state index contributed by atoms with van der Waals surface area (Å²) < 4.78 is 1.91. The molecule has 2 aromatic rings. The summed E-state index contributed by atoms with van der Waals surface area (Å²) in [4.78, 5) is 4.11. The fraction of sp³-hybridized carbons (Fsp3) is 0.333. The zero-order valence-corrected chi connectivity index (χ0v) is 9.64. The van der Waals surface area contributed by atoms with Crippen molar-refractivity contribution < 1.29 is 0 Å². The van der Waals surface area contributed by atoms with Crippen LogP contribution in [0.3, 0.4) is 0 Å². The van der Waals surface area contributed by atoms with Crippen LogP contribution < -0.4 is 5.73 Å². The summed E-state index contributed by atoms with van der Waals surface area (Å²) >= 11 is 0. The van der Waals surface area contributed by atoms with Crippen molar-refractivity contribution in [2.45, 2.75) is 26.8 Å². The molecule has 4 heteroatoms. The maximum Gasteiger partial charge on any atom is 0.127 e. The molecule has 0 saturated heterocycles. The molecule has 2 aromatic heterocycles. The van der Waals surface area contributed by atoms with E-state index in [4.69, 9.17) is 5.73 Å². The van der Waals surface area contributed by atoms with Crippen molar-refractivity contribution in [2.75, 3.05) is 5.73 Å². The first kappa shape index (κ1) is 10.7. The van der Waals surface area contributed by atoms with Crippen LogP contribution in [0.25, 0.3) is 0 Å². The number of hydrogen-bond donors (Lipinski definition) is 1. The van der Waals surface area contributed by atoms with E-state index in [2.05, 4.69) is 23.9 Å². The molecule has 0 radical (unpaired) electrons. The Morgan fingerprint density at radius 1 is 1.44 bits per heavy atom. The topological polar surface area (TPSA) is 56.7 Å². The first-order valence-electron chi connectivity index (χ1n) is 5.42. The van der Waals surface area contributed by atoms with Crippen LogP contribution in [-0.2, 0) is 13.0 Å². The molecule has 0 unspecified atom stereocenters. The molecule has 0 amide bonds. The summed E-state index contributed by atoms with van der Waals surface area (Å²) in [5, 5.41) is 4.25. The largest absolute Gasteiger partial charge is 0.383 e. The zero-order valence-electron chi connectivity index (χ0n) is 9.64. The van der Waals surface area contributed by atoms with E-state index in [0.717, 1.165) is 18.5 Å². The number of hydrogen-bond acceptors (Lipinski definition) is 3. The van der Waals surface area contributed by atoms with Crippen molar-refractivity contribution in [3.05, 3.63) is 41.3 Å². The van der Waals surface area contributed by atoms with Gasteiger partial charge in [0.2, 0.25) is 0 Å². The van der Waals surface area contributed by atoms with E-state index in [9.17, 15) is 0 Å². The molecule has 0 fully saturated rings. The van der Waals surface area contributed by atoms with Gasteiger partial charge in [0.1, 0.15) is 5.82 Å². The molecule has 0 aliphatic rings. The summed E-state index contributed by atoms with van der Waals surface area (Å²) in [5.41, 5.74) is 9.31. The van der Waals surface area contributed by atoms with E-state index < -0.39 is 0 Å². The Hall–Kier alpha value is -1.84. The van der Waals surface area contributed by atoms with Crippen molar-refractivity contribution in [3.63, 3.8) is 0 Å². The average Bonchev–Trinajstić information content (AvgIpc) is 2.71. The Labute approximate surface area is 95.1 Å². The summed E-state index contributed by atoms with van der Waals surface area (Å²) in [6, 6.07) is 1.98. The summed E-state index contributed by atoms with van der Waals surface area (Å²) in [7, 11) is 0. The molecular weight excluding hydrogens is 200 g/mol. The third-order valence-electron chi connectivity index (χ3n) is 2.71. The highest BCUT2D eigenvalue weighted by molar-refractivity contribution is 5.46. The molecule has 2 heterocycles. The molecule has 0 bridgehead atoms. The van der Waals surface area contributed by atoms with E-state index in [-0.39, 0.29) is 0 Å². The van der Waals surface area contributed by atoms with Gasteiger partial charge in [-0.25, -0.2) is 4.98 Å². The maximum absolute atomic E-state index is 5.87. The minimum atomic E-state index is 0.615. The number of nitrogen functional groups attached to an aromatic ring is 1. The molecule has 2 rings (SSSR count). The van der Waals surface area contributed by atoms with Gasteiger partial charge in [-0.15, -0.1) is 0 Å². The van der Waals surface area contributed by atoms with Gasteiger partial charge in [0.05, 0.1) is 6.20 Å². The normalized spacial score (nSPS) is 10.6. The lowest BCUT2D eigenvalue weighted by molar-refractivity contribution is 0.659. The van der Waals surface area contributed by atoms with E-state index in [1.165, 1.54) is 11.1 Å². The number of nitrogens with zero attached hydrogens (tertiary/aromatic N) is 3. The van der Waals surface area contributed by atoms with Crippen molar-refractivity contribution in [2.24, 2.45) is 0 Å². The number of anilines is 1. The van der Waals surface area contributed by atoms with Gasteiger partial charge in [-0.05, 0) is 31.0 Å². The Morgan fingerprint density at radius 2 is 2.25 bits per heavy atom. The fourth-order valence-corrected chi connectivity index (χ4v) is 1.71. The van der Waals surface area contributed by atoms with Gasteiger partial charge in [0.25, 0.3) is 0 Å². The Kier molecular flexibility index (Phi) is 2.90. The van der Waals surface area contributed by atoms with E-state index in [1.807, 2.05) is 23.1 Å². The molecule has 0 aliphatic heterocycles. The highest BCUT2D eigenvalue weighted by atomic mass is 15.3. The van der Waals surface area contributed by atoms with Gasteiger partial charge in [0, 0.05) is 30.9 Å². The predicted octanol–water partition coefficient (Wildman–Crippen LogP) is 1.78. The van der Waals surface area contributed by atoms with Crippen LogP contribution in [0.5, 0.6) is 0 Å². The number of rotatable bonds is 3. The molecule has 84 valence electrons. The lowest BCUT2D eigenvalue weighted by Crippen LogP contribution is -2.00. The number of aryl methyl sites for hydroxylation is 2. The molecule has 2 N–H and O–H groups in total. The third-order valence-corrected chi connectivity index (χ3v) is 2.71. The van der Waals surface area contributed by atoms with Crippen LogP contribution in [0, 0.1) is 6.92 Å². The average molecular weight is 216 g/mol. The van der Waals surface area contributed by atoms with Crippen molar-refractivity contribution >= 4 is 5.82 Å². The standard InChI is InChI=1S/C12H16N4/c1-3-16-8-10(7-15-16)6-11-9(2)4-5-14-12(11)13/h4-5,7-8H,3,6H2,1-2H3,(H2,13,14). The van der Waals surface area contributed by atoms with Gasteiger partial charge in [-0.2, -0.15) is 5.10 Å². The first-order valence-corrected chi connectivity index (χ1v) is 5.42. The van der Waals surface area contributed by atoms with Crippen LogP contribution in [0.2, 0.25) is 0 Å². The molecule has 0 saturated carbocycles. The quantitative estimate of drug-likeness (QED) is 0.850. The second kappa shape index (κ2) is 4.35. The van der Waals surface area contributed by atoms with Crippen molar-refractivity contribution in [1.29, 1.82) is 0 Å². The first-order chi connectivity index (χ1) is 7.70. The molecule has 0 aliphatic carbocycles. The SMILES string of the molecule is CCn1cc(Cc2c(C)ccnc2N)cn1. The molecule has 4 nitrogen and oxygen atoms in total. The smallest absolute Gasteiger partial charge is 0.127 e. The monoisotopic (exact) mass is 216 g/mol. The highest BCUT2D eigenvalue weighted by Crippen LogP contribution is 2.17. The van der Waals surface area contributed by atoms with Crippen LogP contribution in [0.1, 0.15) is 23.6 Å². The molecule has 0 spiro atoms. The molecule has 0 atom stereocenters. The minimum absolute atomic E-state index is 0.615. The predicted molar refractivity (Wildman–Crippen MR) is 64.1 cm³/mol. The number of nitrogens with two attached hydrogens (primary N) is 1. The van der Waals surface area contributed by atoms with Gasteiger partial charge in [-0.1, -0.05) is 0 Å². The second-order valence-electron chi connectivity index (χ2n) is 3.87. The number of pyridine rings is 1. The highest BCUT2D eigenvalue weighted by Gasteiger charge is 2.06. The molecule has 16 heavy (non-hydrogen) atoms. The Balaban J connectivity index is 2.26. The Morgan fingerprint density at radius 3 is 2.88 bits per heavy atom. The lowest BCUT2D eigenvalue weighted by atomic mass is 10.0. The minimum Gasteiger partial charge on any atom is -0.383 e. The summed E-state index contributed by atoms with van der Waals surface area (Å²) in [6.07, 6.45) is 6.47. The van der Waals surface area contributed by atoms with Crippen LogP contribution in [0.15, 0.2) is 24.7 Å². The van der Waals surface area contributed by atoms with Gasteiger partial charge in [-0.3, -0.25) is 4.68 Å². The Bertz CT molecular complexity index is 467. The van der Waals surface area contributed by atoms with Gasteiger partial charge in [0.15, 0.2) is 0 Å². The van der Waals surface area contributed by atoms with Gasteiger partial charge >= 0.3 is 0 Å². The van der Waals surface area contributed by atoms with Crippen LogP contribution in [-0.4, -0.2) is 14.8 Å². The molecule has 0 aromatic carbocycles. The second-order valence-corrected chi connectivity index (χ2v) is 3.87. The number of aromatic nitrogens is 3. The van der Waals surface area contributed by atoms with E-state index >= 15 is 0 Å². The third kappa shape index (κ3) is 2.05. The summed E-state index contributed by atoms with van der Waals surface area (Å²) in [5.74, 6) is 0.615.